The first-order chi connectivity index (χ1) is 8.00. The highest BCUT2D eigenvalue weighted by Crippen LogP contribution is 2.11. The molecule has 0 saturated carbocycles. The number of carbonyl (C=O) groups excluding carboxylic acids is 1. The largest absolute Gasteiger partial charge is 0.481 e. The Kier molecular flexibility index (Phi) is 5.01. The number of para-hydroxylation sites is 1. The number of hydrogen-bond acceptors (Lipinski definition) is 2. The van der Waals surface area contributed by atoms with Crippen LogP contribution in [0, 0.1) is 5.92 Å². The van der Waals surface area contributed by atoms with Gasteiger partial charge in [-0.3, -0.25) is 4.79 Å². The molecule has 0 bridgehead atoms. The lowest BCUT2D eigenvalue weighted by Gasteiger charge is -2.21. The van der Waals surface area contributed by atoms with Crippen LogP contribution in [0.25, 0.3) is 0 Å². The Hall–Kier alpha value is -1.51. The van der Waals surface area contributed by atoms with Crippen LogP contribution >= 0.6 is 0 Å². The molecule has 94 valence electrons. The van der Waals surface area contributed by atoms with E-state index in [4.69, 9.17) is 4.74 Å². The van der Waals surface area contributed by atoms with Crippen LogP contribution in [0.2, 0.25) is 0 Å². The summed E-state index contributed by atoms with van der Waals surface area (Å²) in [4.78, 5) is 11.8. The highest BCUT2D eigenvalue weighted by molar-refractivity contribution is 5.80. The van der Waals surface area contributed by atoms with E-state index in [9.17, 15) is 4.79 Å². The zero-order valence-electron chi connectivity index (χ0n) is 10.9. The van der Waals surface area contributed by atoms with Crippen molar-refractivity contribution in [2.75, 3.05) is 0 Å². The van der Waals surface area contributed by atoms with Gasteiger partial charge in [-0.2, -0.15) is 0 Å². The standard InChI is InChI=1S/C14H21NO2/c1-10(2)11(3)15-14(16)12(4)17-13-8-6-5-7-9-13/h5-12H,1-4H3,(H,15,16)/t11-,12-/m1/s1. The first-order valence-electron chi connectivity index (χ1n) is 6.02. The molecule has 1 aromatic carbocycles. The molecule has 17 heavy (non-hydrogen) atoms. The van der Waals surface area contributed by atoms with E-state index in [0.29, 0.717) is 11.7 Å². The quantitative estimate of drug-likeness (QED) is 0.852. The van der Waals surface area contributed by atoms with E-state index in [-0.39, 0.29) is 11.9 Å². The lowest BCUT2D eigenvalue weighted by atomic mass is 10.1. The second-order valence-corrected chi connectivity index (χ2v) is 4.61. The summed E-state index contributed by atoms with van der Waals surface area (Å²) in [5.74, 6) is 1.06. The molecule has 0 aliphatic rings. The Balaban J connectivity index is 2.48. The van der Waals surface area contributed by atoms with Gasteiger partial charge in [0.1, 0.15) is 5.75 Å². The summed E-state index contributed by atoms with van der Waals surface area (Å²) in [6.45, 7) is 7.91. The SMILES string of the molecule is CC(C)[C@@H](C)NC(=O)[C@@H](C)Oc1ccccc1. The van der Waals surface area contributed by atoms with Gasteiger partial charge < -0.3 is 10.1 Å². The van der Waals surface area contributed by atoms with Crippen molar-refractivity contribution in [1.29, 1.82) is 0 Å². The first-order valence-corrected chi connectivity index (χ1v) is 6.02. The minimum atomic E-state index is -0.474. The lowest BCUT2D eigenvalue weighted by Crippen LogP contribution is -2.43. The fourth-order valence-corrected chi connectivity index (χ4v) is 1.27. The summed E-state index contributed by atoms with van der Waals surface area (Å²) in [5, 5.41) is 2.94. The van der Waals surface area contributed by atoms with Crippen molar-refractivity contribution < 1.29 is 9.53 Å². The first kappa shape index (κ1) is 13.6. The predicted molar refractivity (Wildman–Crippen MR) is 69.0 cm³/mol. The van der Waals surface area contributed by atoms with Crippen LogP contribution < -0.4 is 10.1 Å². The zero-order valence-corrected chi connectivity index (χ0v) is 10.9. The van der Waals surface area contributed by atoms with E-state index in [1.54, 1.807) is 6.92 Å². The monoisotopic (exact) mass is 235 g/mol. The Labute approximate surface area is 103 Å². The fraction of sp³-hybridized carbons (Fsp3) is 0.500. The molecule has 0 aliphatic carbocycles. The third-order valence-electron chi connectivity index (χ3n) is 2.80. The molecule has 0 saturated heterocycles. The van der Waals surface area contributed by atoms with Gasteiger partial charge in [-0.25, -0.2) is 0 Å². The molecule has 0 aliphatic heterocycles. The number of ether oxygens (including phenoxy) is 1. The maximum Gasteiger partial charge on any atom is 0.260 e. The van der Waals surface area contributed by atoms with Gasteiger partial charge in [0.15, 0.2) is 6.10 Å². The summed E-state index contributed by atoms with van der Waals surface area (Å²) < 4.78 is 5.54. The molecule has 0 aromatic heterocycles. The molecule has 0 fully saturated rings. The molecule has 1 N–H and O–H groups in total. The van der Waals surface area contributed by atoms with E-state index in [0.717, 1.165) is 0 Å². The highest BCUT2D eigenvalue weighted by atomic mass is 16.5. The van der Waals surface area contributed by atoms with Crippen LogP contribution in [-0.4, -0.2) is 18.1 Å². The molecule has 1 rings (SSSR count). The highest BCUT2D eigenvalue weighted by Gasteiger charge is 2.18. The van der Waals surface area contributed by atoms with Crippen molar-refractivity contribution >= 4 is 5.91 Å². The number of rotatable bonds is 5. The van der Waals surface area contributed by atoms with Gasteiger partial charge in [0.25, 0.3) is 5.91 Å². The Bertz CT molecular complexity index is 348. The van der Waals surface area contributed by atoms with Gasteiger partial charge in [0.05, 0.1) is 0 Å². The van der Waals surface area contributed by atoms with Crippen molar-refractivity contribution in [2.24, 2.45) is 5.92 Å². The van der Waals surface area contributed by atoms with Crippen molar-refractivity contribution in [3.05, 3.63) is 30.3 Å². The zero-order chi connectivity index (χ0) is 12.8. The summed E-state index contributed by atoms with van der Waals surface area (Å²) in [6.07, 6.45) is -0.474. The summed E-state index contributed by atoms with van der Waals surface area (Å²) in [7, 11) is 0. The van der Waals surface area contributed by atoms with Crippen LogP contribution in [0.5, 0.6) is 5.75 Å². The number of nitrogens with one attached hydrogen (secondary N) is 1. The topological polar surface area (TPSA) is 38.3 Å². The van der Waals surface area contributed by atoms with Gasteiger partial charge in [0, 0.05) is 6.04 Å². The number of hydrogen-bond donors (Lipinski definition) is 1. The van der Waals surface area contributed by atoms with E-state index in [1.807, 2.05) is 37.3 Å². The van der Waals surface area contributed by atoms with Crippen molar-refractivity contribution in [2.45, 2.75) is 39.8 Å². The molecule has 1 amide bonds. The van der Waals surface area contributed by atoms with Crippen molar-refractivity contribution in [3.8, 4) is 5.75 Å². The molecular formula is C14H21NO2. The average molecular weight is 235 g/mol. The normalized spacial score (nSPS) is 14.2. The summed E-state index contributed by atoms with van der Waals surface area (Å²) in [6, 6.07) is 9.53. The molecular weight excluding hydrogens is 214 g/mol. The van der Waals surface area contributed by atoms with E-state index < -0.39 is 6.10 Å². The molecule has 0 heterocycles. The van der Waals surface area contributed by atoms with E-state index in [2.05, 4.69) is 19.2 Å². The molecule has 1 aromatic rings. The van der Waals surface area contributed by atoms with Crippen LogP contribution in [0.4, 0.5) is 0 Å². The molecule has 3 heteroatoms. The van der Waals surface area contributed by atoms with Crippen LogP contribution in [-0.2, 0) is 4.79 Å². The van der Waals surface area contributed by atoms with Gasteiger partial charge >= 0.3 is 0 Å². The Morgan fingerprint density at radius 3 is 2.24 bits per heavy atom. The van der Waals surface area contributed by atoms with Gasteiger partial charge in [0.2, 0.25) is 0 Å². The van der Waals surface area contributed by atoms with Gasteiger partial charge in [-0.15, -0.1) is 0 Å². The minimum Gasteiger partial charge on any atom is -0.481 e. The maximum absolute atomic E-state index is 11.8. The second kappa shape index (κ2) is 6.28. The smallest absolute Gasteiger partial charge is 0.260 e. The molecule has 0 unspecified atom stereocenters. The fourth-order valence-electron chi connectivity index (χ4n) is 1.27. The minimum absolute atomic E-state index is 0.0740. The number of carbonyl (C=O) groups is 1. The second-order valence-electron chi connectivity index (χ2n) is 4.61. The summed E-state index contributed by atoms with van der Waals surface area (Å²) >= 11 is 0. The Morgan fingerprint density at radius 2 is 1.71 bits per heavy atom. The van der Waals surface area contributed by atoms with Gasteiger partial charge in [-0.05, 0) is 31.9 Å². The lowest BCUT2D eigenvalue weighted by molar-refractivity contribution is -0.128. The molecule has 2 atom stereocenters. The molecule has 3 nitrogen and oxygen atoms in total. The van der Waals surface area contributed by atoms with Crippen LogP contribution in [0.1, 0.15) is 27.7 Å². The summed E-state index contributed by atoms with van der Waals surface area (Å²) in [5.41, 5.74) is 0. The van der Waals surface area contributed by atoms with Crippen molar-refractivity contribution in [3.63, 3.8) is 0 Å². The predicted octanol–water partition coefficient (Wildman–Crippen LogP) is 2.61. The Morgan fingerprint density at radius 1 is 1.12 bits per heavy atom. The average Bonchev–Trinajstić information content (AvgIpc) is 2.29. The third-order valence-corrected chi connectivity index (χ3v) is 2.80. The van der Waals surface area contributed by atoms with E-state index >= 15 is 0 Å². The van der Waals surface area contributed by atoms with Gasteiger partial charge in [-0.1, -0.05) is 32.0 Å². The van der Waals surface area contributed by atoms with Crippen LogP contribution in [0.15, 0.2) is 30.3 Å². The van der Waals surface area contributed by atoms with E-state index in [1.165, 1.54) is 0 Å². The third kappa shape index (κ3) is 4.47. The molecule has 0 radical (unpaired) electrons. The van der Waals surface area contributed by atoms with Crippen LogP contribution in [0.3, 0.4) is 0 Å². The number of amides is 1. The van der Waals surface area contributed by atoms with Crippen molar-refractivity contribution in [1.82, 2.24) is 5.32 Å². The maximum atomic E-state index is 11.8. The number of benzene rings is 1. The molecule has 0 spiro atoms.